The van der Waals surface area contributed by atoms with Crippen molar-refractivity contribution in [1.29, 1.82) is 0 Å². The Kier molecular flexibility index (Phi) is 4.28. The first-order valence-electron chi connectivity index (χ1n) is 8.36. The highest BCUT2D eigenvalue weighted by Crippen LogP contribution is 2.36. The fourth-order valence-electron chi connectivity index (χ4n) is 3.99. The Labute approximate surface area is 131 Å². The summed E-state index contributed by atoms with van der Waals surface area (Å²) in [5, 5.41) is 0. The maximum absolute atomic E-state index is 6.03. The van der Waals surface area contributed by atoms with E-state index in [0.717, 1.165) is 58.1 Å². The van der Waals surface area contributed by atoms with Crippen LogP contribution in [-0.2, 0) is 9.47 Å². The molecular weight excluding hydrogens is 280 g/mol. The summed E-state index contributed by atoms with van der Waals surface area (Å²) in [5.41, 5.74) is 0. The number of aromatic nitrogens is 1. The molecule has 3 aliphatic heterocycles. The third-order valence-electron chi connectivity index (χ3n) is 5.29. The summed E-state index contributed by atoms with van der Waals surface area (Å²) in [4.78, 5) is 6.64. The van der Waals surface area contributed by atoms with Gasteiger partial charge in [0.1, 0.15) is 5.75 Å². The van der Waals surface area contributed by atoms with E-state index >= 15 is 0 Å². The van der Waals surface area contributed by atoms with Crippen molar-refractivity contribution in [2.75, 3.05) is 39.5 Å². The Morgan fingerprint density at radius 3 is 2.82 bits per heavy atom. The molecular formula is C17H24N2O3. The molecule has 120 valence electrons. The molecule has 0 N–H and O–H groups in total. The minimum atomic E-state index is 0.397. The van der Waals surface area contributed by atoms with Gasteiger partial charge in [0, 0.05) is 56.6 Å². The van der Waals surface area contributed by atoms with Gasteiger partial charge < -0.3 is 14.2 Å². The monoisotopic (exact) mass is 304 g/mol. The highest BCUT2D eigenvalue weighted by atomic mass is 16.5. The Balaban J connectivity index is 1.32. The molecule has 3 atom stereocenters. The molecule has 0 unspecified atom stereocenters. The molecule has 5 heteroatoms. The van der Waals surface area contributed by atoms with Crippen LogP contribution in [0.4, 0.5) is 0 Å². The van der Waals surface area contributed by atoms with Gasteiger partial charge in [-0.15, -0.1) is 0 Å². The van der Waals surface area contributed by atoms with Crippen molar-refractivity contribution in [3.63, 3.8) is 0 Å². The van der Waals surface area contributed by atoms with Crippen LogP contribution >= 0.6 is 0 Å². The first-order valence-corrected chi connectivity index (χ1v) is 8.36. The molecule has 3 aliphatic rings. The van der Waals surface area contributed by atoms with Crippen LogP contribution in [0, 0.1) is 11.8 Å². The molecule has 3 fully saturated rings. The molecule has 3 saturated heterocycles. The number of hydrogen-bond acceptors (Lipinski definition) is 5. The lowest BCUT2D eigenvalue weighted by Gasteiger charge is -2.31. The molecule has 4 heterocycles. The Morgan fingerprint density at radius 2 is 2.00 bits per heavy atom. The molecule has 0 saturated carbocycles. The summed E-state index contributed by atoms with van der Waals surface area (Å²) in [5.74, 6) is 2.02. The second kappa shape index (κ2) is 6.52. The molecule has 22 heavy (non-hydrogen) atoms. The number of nitrogens with zero attached hydrogens (tertiary/aromatic N) is 2. The van der Waals surface area contributed by atoms with Crippen LogP contribution < -0.4 is 4.74 Å². The largest absolute Gasteiger partial charge is 0.493 e. The van der Waals surface area contributed by atoms with Gasteiger partial charge in [-0.3, -0.25) is 9.88 Å². The second-order valence-corrected chi connectivity index (χ2v) is 6.59. The van der Waals surface area contributed by atoms with E-state index in [2.05, 4.69) is 9.88 Å². The molecule has 0 radical (unpaired) electrons. The fourth-order valence-corrected chi connectivity index (χ4v) is 3.99. The number of fused-ring (bicyclic) bond motifs is 1. The maximum Gasteiger partial charge on any atom is 0.122 e. The third-order valence-corrected chi connectivity index (χ3v) is 5.29. The van der Waals surface area contributed by atoms with E-state index < -0.39 is 0 Å². The molecule has 5 nitrogen and oxygen atoms in total. The van der Waals surface area contributed by atoms with Crippen LogP contribution in [0.1, 0.15) is 12.8 Å². The highest BCUT2D eigenvalue weighted by molar-refractivity contribution is 5.16. The average Bonchev–Trinajstić information content (AvgIpc) is 3.16. The summed E-state index contributed by atoms with van der Waals surface area (Å²) in [7, 11) is 0. The van der Waals surface area contributed by atoms with Crippen LogP contribution in [0.25, 0.3) is 0 Å². The van der Waals surface area contributed by atoms with E-state index in [-0.39, 0.29) is 0 Å². The molecule has 0 bridgehead atoms. The van der Waals surface area contributed by atoms with Crippen molar-refractivity contribution >= 4 is 0 Å². The van der Waals surface area contributed by atoms with Gasteiger partial charge in [0.15, 0.2) is 0 Å². The first-order chi connectivity index (χ1) is 10.9. The Hall–Kier alpha value is -1.17. The van der Waals surface area contributed by atoms with Crippen molar-refractivity contribution in [3.8, 4) is 5.75 Å². The van der Waals surface area contributed by atoms with E-state index in [1.165, 1.54) is 0 Å². The second-order valence-electron chi connectivity index (χ2n) is 6.59. The lowest BCUT2D eigenvalue weighted by atomic mass is 9.94. The van der Waals surface area contributed by atoms with Crippen LogP contribution in [-0.4, -0.2) is 61.5 Å². The summed E-state index contributed by atoms with van der Waals surface area (Å²) in [6, 6.07) is 4.51. The lowest BCUT2D eigenvalue weighted by molar-refractivity contribution is 0.0271. The van der Waals surface area contributed by atoms with Crippen LogP contribution in [0.15, 0.2) is 24.5 Å². The van der Waals surface area contributed by atoms with Crippen molar-refractivity contribution in [1.82, 2.24) is 9.88 Å². The SMILES string of the molecule is c1cc(OC[C@@H]2CO[C@H]3CN(C4CCOCC4)C[C@@H]23)ccn1. The van der Waals surface area contributed by atoms with Gasteiger partial charge >= 0.3 is 0 Å². The molecule has 0 aromatic carbocycles. The zero-order chi connectivity index (χ0) is 14.8. The van der Waals surface area contributed by atoms with Gasteiger partial charge in [-0.05, 0) is 25.0 Å². The van der Waals surface area contributed by atoms with E-state index in [9.17, 15) is 0 Å². The molecule has 1 aromatic heterocycles. The van der Waals surface area contributed by atoms with Gasteiger partial charge in [-0.25, -0.2) is 0 Å². The number of hydrogen-bond donors (Lipinski definition) is 0. The lowest BCUT2D eigenvalue weighted by Crippen LogP contribution is -2.39. The normalized spacial score (nSPS) is 33.0. The van der Waals surface area contributed by atoms with Crippen molar-refractivity contribution in [2.24, 2.45) is 11.8 Å². The van der Waals surface area contributed by atoms with Gasteiger partial charge in [0.05, 0.1) is 19.3 Å². The minimum Gasteiger partial charge on any atom is -0.493 e. The van der Waals surface area contributed by atoms with Gasteiger partial charge in [0.25, 0.3) is 0 Å². The van der Waals surface area contributed by atoms with Crippen molar-refractivity contribution < 1.29 is 14.2 Å². The van der Waals surface area contributed by atoms with Crippen LogP contribution in [0.5, 0.6) is 5.75 Å². The van der Waals surface area contributed by atoms with Crippen LogP contribution in [0.3, 0.4) is 0 Å². The van der Waals surface area contributed by atoms with E-state index in [1.807, 2.05) is 12.1 Å². The Bertz CT molecular complexity index is 478. The van der Waals surface area contributed by atoms with E-state index in [1.54, 1.807) is 12.4 Å². The minimum absolute atomic E-state index is 0.397. The average molecular weight is 304 g/mol. The summed E-state index contributed by atoms with van der Waals surface area (Å²) in [6.07, 6.45) is 6.26. The predicted octanol–water partition coefficient (Wildman–Crippen LogP) is 1.59. The van der Waals surface area contributed by atoms with Crippen molar-refractivity contribution in [3.05, 3.63) is 24.5 Å². The number of pyridine rings is 1. The smallest absolute Gasteiger partial charge is 0.122 e. The maximum atomic E-state index is 6.03. The third kappa shape index (κ3) is 2.98. The first kappa shape index (κ1) is 14.4. The predicted molar refractivity (Wildman–Crippen MR) is 81.9 cm³/mol. The van der Waals surface area contributed by atoms with Gasteiger partial charge in [0.2, 0.25) is 0 Å². The molecule has 0 amide bonds. The molecule has 0 aliphatic carbocycles. The number of rotatable bonds is 4. The molecule has 0 spiro atoms. The zero-order valence-corrected chi connectivity index (χ0v) is 12.9. The van der Waals surface area contributed by atoms with E-state index in [4.69, 9.17) is 14.2 Å². The summed E-state index contributed by atoms with van der Waals surface area (Å²) >= 11 is 0. The quantitative estimate of drug-likeness (QED) is 0.845. The van der Waals surface area contributed by atoms with Gasteiger partial charge in [-0.1, -0.05) is 0 Å². The number of ether oxygens (including phenoxy) is 3. The Morgan fingerprint density at radius 1 is 1.18 bits per heavy atom. The number of likely N-dealkylation sites (tertiary alicyclic amines) is 1. The molecule has 1 aromatic rings. The van der Waals surface area contributed by atoms with Crippen molar-refractivity contribution in [2.45, 2.75) is 25.0 Å². The molecule has 4 rings (SSSR count). The van der Waals surface area contributed by atoms with Crippen LogP contribution in [0.2, 0.25) is 0 Å². The fraction of sp³-hybridized carbons (Fsp3) is 0.706. The van der Waals surface area contributed by atoms with E-state index in [0.29, 0.717) is 24.0 Å². The van der Waals surface area contributed by atoms with Gasteiger partial charge in [-0.2, -0.15) is 0 Å². The highest BCUT2D eigenvalue weighted by Gasteiger charge is 2.45. The summed E-state index contributed by atoms with van der Waals surface area (Å²) < 4.78 is 17.4. The zero-order valence-electron chi connectivity index (χ0n) is 12.9. The standard InChI is InChI=1S/C17H24N2O3/c1-5-18-6-2-15(1)21-11-13-12-22-17-10-19(9-16(13)17)14-3-7-20-8-4-14/h1-2,5-6,13-14,16-17H,3-4,7-12H2/t13-,16+,17+/m1/s1. The summed E-state index contributed by atoms with van der Waals surface area (Å²) in [6.45, 7) is 5.63. The topological polar surface area (TPSA) is 43.8 Å².